The maximum absolute atomic E-state index is 12.8. The van der Waals surface area contributed by atoms with E-state index in [1.54, 1.807) is 6.07 Å². The topological polar surface area (TPSA) is 85.9 Å². The summed E-state index contributed by atoms with van der Waals surface area (Å²) in [6.45, 7) is 4.57. The smallest absolute Gasteiger partial charge is 0.241 e. The molecule has 0 radical (unpaired) electrons. The van der Waals surface area contributed by atoms with Crippen LogP contribution in [0.2, 0.25) is 0 Å². The van der Waals surface area contributed by atoms with Crippen LogP contribution in [0.15, 0.2) is 18.2 Å². The van der Waals surface area contributed by atoms with Crippen molar-refractivity contribution in [3.8, 4) is 5.75 Å². The van der Waals surface area contributed by atoms with Crippen LogP contribution in [-0.2, 0) is 4.79 Å². The Labute approximate surface area is 165 Å². The summed E-state index contributed by atoms with van der Waals surface area (Å²) in [5, 5.41) is 18.6. The number of aliphatic hydroxyl groups is 1. The molecule has 1 amide bonds. The molecule has 0 bridgehead atoms. The van der Waals surface area contributed by atoms with Gasteiger partial charge in [0.2, 0.25) is 5.91 Å². The summed E-state index contributed by atoms with van der Waals surface area (Å²) in [6, 6.07) is 5.41. The highest BCUT2D eigenvalue weighted by Gasteiger charge is 2.48. The molecule has 8 heteroatoms. The minimum Gasteiger partial charge on any atom is -0.493 e. The molecular formula is C19H29ClN4O3. The number of hydrazine groups is 1. The second-order valence-corrected chi connectivity index (χ2v) is 7.42. The Morgan fingerprint density at radius 3 is 2.81 bits per heavy atom. The van der Waals surface area contributed by atoms with Gasteiger partial charge in [0.25, 0.3) is 0 Å². The number of likely N-dealkylation sites (N-methyl/N-ethyl adjacent to an activating group) is 1. The monoisotopic (exact) mass is 396 g/mol. The van der Waals surface area contributed by atoms with Gasteiger partial charge in [-0.25, -0.2) is 10.4 Å². The lowest BCUT2D eigenvalue weighted by atomic mass is 9.94. The molecule has 7 nitrogen and oxygen atoms in total. The zero-order valence-electron chi connectivity index (χ0n) is 16.0. The molecule has 5 unspecified atom stereocenters. The van der Waals surface area contributed by atoms with Gasteiger partial charge < -0.3 is 15.2 Å². The Morgan fingerprint density at radius 2 is 2.15 bits per heavy atom. The fourth-order valence-electron chi connectivity index (χ4n) is 3.99. The van der Waals surface area contributed by atoms with Crippen LogP contribution < -0.4 is 20.8 Å². The van der Waals surface area contributed by atoms with Crippen LogP contribution >= 0.6 is 11.6 Å². The van der Waals surface area contributed by atoms with Gasteiger partial charge in [0.05, 0.1) is 24.6 Å². The summed E-state index contributed by atoms with van der Waals surface area (Å²) in [5.74, 6) is 0.768. The highest BCUT2D eigenvalue weighted by atomic mass is 35.5. The highest BCUT2D eigenvalue weighted by Crippen LogP contribution is 2.32. The van der Waals surface area contributed by atoms with E-state index in [-0.39, 0.29) is 29.9 Å². The minimum atomic E-state index is -0.764. The summed E-state index contributed by atoms with van der Waals surface area (Å²) in [6.07, 6.45) is 0.849. The molecule has 0 saturated carbocycles. The number of nitrogens with one attached hydrogen (secondary N) is 3. The third kappa shape index (κ3) is 4.07. The quantitative estimate of drug-likeness (QED) is 0.522. The summed E-state index contributed by atoms with van der Waals surface area (Å²) < 4.78 is 5.77. The zero-order chi connectivity index (χ0) is 19.6. The van der Waals surface area contributed by atoms with Crippen molar-refractivity contribution in [1.29, 1.82) is 0 Å². The van der Waals surface area contributed by atoms with Crippen LogP contribution in [0.4, 0.5) is 0 Å². The van der Waals surface area contributed by atoms with Crippen molar-refractivity contribution in [2.75, 3.05) is 19.5 Å². The van der Waals surface area contributed by atoms with E-state index in [4.69, 9.17) is 16.3 Å². The maximum atomic E-state index is 12.8. The van der Waals surface area contributed by atoms with Crippen molar-refractivity contribution in [2.24, 2.45) is 0 Å². The number of benzene rings is 1. The number of carbonyl (C=O) groups is 1. The average molecular weight is 397 g/mol. The van der Waals surface area contributed by atoms with Crippen LogP contribution in [0, 0.1) is 0 Å². The zero-order valence-corrected chi connectivity index (χ0v) is 16.8. The van der Waals surface area contributed by atoms with Crippen LogP contribution in [0.1, 0.15) is 50.1 Å². The first-order valence-corrected chi connectivity index (χ1v) is 10.1. The first-order valence-electron chi connectivity index (χ1n) is 9.56. The van der Waals surface area contributed by atoms with Gasteiger partial charge in [-0.15, -0.1) is 11.6 Å². The molecule has 27 heavy (non-hydrogen) atoms. The lowest BCUT2D eigenvalue weighted by Gasteiger charge is -2.37. The summed E-state index contributed by atoms with van der Waals surface area (Å²) in [7, 11) is 1.90. The Kier molecular flexibility index (Phi) is 6.60. The predicted octanol–water partition coefficient (Wildman–Crippen LogP) is 1.43. The molecule has 1 aromatic rings. The lowest BCUT2D eigenvalue weighted by Crippen LogP contribution is -2.62. The third-order valence-electron chi connectivity index (χ3n) is 5.25. The molecule has 4 N–H and O–H groups in total. The van der Waals surface area contributed by atoms with Crippen molar-refractivity contribution in [3.05, 3.63) is 29.3 Å². The second-order valence-electron chi connectivity index (χ2n) is 7.11. The van der Waals surface area contributed by atoms with Crippen molar-refractivity contribution in [3.63, 3.8) is 0 Å². The van der Waals surface area contributed by atoms with Gasteiger partial charge >= 0.3 is 0 Å². The van der Waals surface area contributed by atoms with Gasteiger partial charge in [0.15, 0.2) is 0 Å². The number of aliphatic hydroxyl groups excluding tert-OH is 1. The average Bonchev–Trinajstić information content (AvgIpc) is 2.98. The van der Waals surface area contributed by atoms with E-state index in [1.165, 1.54) is 0 Å². The van der Waals surface area contributed by atoms with Crippen LogP contribution in [0.3, 0.4) is 0 Å². The molecule has 2 aliphatic heterocycles. The minimum absolute atomic E-state index is 0.00946. The first-order chi connectivity index (χ1) is 13.0. The SMILES string of the molecule is CCCC1NN(C)C2C(=O)NC(c3cc(C(O)CCl)ccc3OCC)NC12. The number of ether oxygens (including phenoxy) is 1. The number of halogens is 1. The Hall–Kier alpha value is -1.38. The number of alkyl halides is 1. The van der Waals surface area contributed by atoms with Crippen LogP contribution in [0.5, 0.6) is 5.75 Å². The number of nitrogens with zero attached hydrogens (tertiary/aromatic N) is 1. The molecule has 150 valence electrons. The first kappa shape index (κ1) is 20.4. The summed E-state index contributed by atoms with van der Waals surface area (Å²) in [5.41, 5.74) is 4.90. The van der Waals surface area contributed by atoms with Gasteiger partial charge in [0, 0.05) is 18.7 Å². The predicted molar refractivity (Wildman–Crippen MR) is 104 cm³/mol. The molecule has 0 spiro atoms. The van der Waals surface area contributed by atoms with Crippen molar-refractivity contribution >= 4 is 17.5 Å². The molecule has 2 heterocycles. The number of rotatable bonds is 7. The van der Waals surface area contributed by atoms with E-state index in [0.717, 1.165) is 18.4 Å². The normalized spacial score (nSPS) is 29.3. The van der Waals surface area contributed by atoms with E-state index >= 15 is 0 Å². The number of hydrogen-bond acceptors (Lipinski definition) is 6. The molecule has 0 aliphatic carbocycles. The Bertz CT molecular complexity index is 674. The molecule has 1 aromatic carbocycles. The van der Waals surface area contributed by atoms with E-state index in [2.05, 4.69) is 23.0 Å². The van der Waals surface area contributed by atoms with Gasteiger partial charge in [-0.3, -0.25) is 10.1 Å². The number of amides is 1. The van der Waals surface area contributed by atoms with Crippen LogP contribution in [0.25, 0.3) is 0 Å². The molecule has 2 saturated heterocycles. The molecule has 2 fully saturated rings. The van der Waals surface area contributed by atoms with E-state index in [1.807, 2.05) is 31.1 Å². The Balaban J connectivity index is 1.92. The molecule has 0 aromatic heterocycles. The number of hydrogen-bond donors (Lipinski definition) is 4. The van der Waals surface area contributed by atoms with Gasteiger partial charge in [0.1, 0.15) is 18.0 Å². The van der Waals surface area contributed by atoms with Gasteiger partial charge in [-0.2, -0.15) is 0 Å². The largest absolute Gasteiger partial charge is 0.493 e. The van der Waals surface area contributed by atoms with Crippen molar-refractivity contribution in [1.82, 2.24) is 21.1 Å². The maximum Gasteiger partial charge on any atom is 0.241 e. The molecule has 3 rings (SSSR count). The lowest BCUT2D eigenvalue weighted by molar-refractivity contribution is -0.129. The van der Waals surface area contributed by atoms with Gasteiger partial charge in [-0.05, 0) is 31.0 Å². The third-order valence-corrected chi connectivity index (χ3v) is 5.54. The number of fused-ring (bicyclic) bond motifs is 1. The van der Waals surface area contributed by atoms with Crippen molar-refractivity contribution in [2.45, 2.75) is 57.1 Å². The highest BCUT2D eigenvalue weighted by molar-refractivity contribution is 6.18. The van der Waals surface area contributed by atoms with E-state index in [0.29, 0.717) is 17.9 Å². The second kappa shape index (κ2) is 8.75. The standard InChI is InChI=1S/C19H29ClN4O3/c1-4-6-13-16-17(24(3)23-13)19(26)22-18(21-16)12-9-11(14(25)10-20)7-8-15(12)27-5-2/h7-9,13-14,16-18,21,23,25H,4-6,10H2,1-3H3,(H,22,26). The molecule has 5 atom stereocenters. The molecule has 2 aliphatic rings. The van der Waals surface area contributed by atoms with Crippen LogP contribution in [-0.4, -0.2) is 53.7 Å². The van der Waals surface area contributed by atoms with E-state index < -0.39 is 12.3 Å². The van der Waals surface area contributed by atoms with E-state index in [9.17, 15) is 9.90 Å². The summed E-state index contributed by atoms with van der Waals surface area (Å²) >= 11 is 5.81. The fourth-order valence-corrected chi connectivity index (χ4v) is 4.17. The van der Waals surface area contributed by atoms with Crippen molar-refractivity contribution < 1.29 is 14.6 Å². The molecular weight excluding hydrogens is 368 g/mol. The summed E-state index contributed by atoms with van der Waals surface area (Å²) in [4.78, 5) is 12.8. The fraction of sp³-hybridized carbons (Fsp3) is 0.632. The number of carbonyl (C=O) groups excluding carboxylic acids is 1. The Morgan fingerprint density at radius 1 is 1.37 bits per heavy atom. The van der Waals surface area contributed by atoms with Gasteiger partial charge in [-0.1, -0.05) is 19.4 Å².